The molecule has 0 amide bonds. The van der Waals surface area contributed by atoms with E-state index in [9.17, 15) is 5.11 Å². The topological polar surface area (TPSA) is 40.5 Å². The van der Waals surface area contributed by atoms with Gasteiger partial charge >= 0.3 is 0 Å². The Morgan fingerprint density at radius 3 is 1.48 bits per heavy atom. The van der Waals surface area contributed by atoms with Crippen molar-refractivity contribution < 1.29 is 10.2 Å². The minimum absolute atomic E-state index is 0.0275. The van der Waals surface area contributed by atoms with Crippen molar-refractivity contribution in [3.8, 4) is 11.5 Å². The Balaban J connectivity index is 0.000000577. The van der Waals surface area contributed by atoms with Gasteiger partial charge in [-0.3, -0.25) is 0 Å². The summed E-state index contributed by atoms with van der Waals surface area (Å²) >= 11 is 0. The van der Waals surface area contributed by atoms with Gasteiger partial charge in [-0.25, -0.2) is 0 Å². The van der Waals surface area contributed by atoms with Crippen molar-refractivity contribution in [1.82, 2.24) is 0 Å². The summed E-state index contributed by atoms with van der Waals surface area (Å²) in [5, 5.41) is 19.4. The molecule has 0 unspecified atom stereocenters. The van der Waals surface area contributed by atoms with Crippen LogP contribution >= 0.6 is 0 Å². The average Bonchev–Trinajstić information content (AvgIpc) is 2.67. The van der Waals surface area contributed by atoms with Gasteiger partial charge in [0.25, 0.3) is 0 Å². The van der Waals surface area contributed by atoms with Crippen LogP contribution < -0.4 is 0 Å². The van der Waals surface area contributed by atoms with E-state index in [0.29, 0.717) is 11.5 Å². The second kappa shape index (κ2) is 12.8. The van der Waals surface area contributed by atoms with Crippen LogP contribution in [0.3, 0.4) is 0 Å². The van der Waals surface area contributed by atoms with Crippen LogP contribution in [0.25, 0.3) is 0 Å². The molecular formula is C29H46O2. The zero-order valence-corrected chi connectivity index (χ0v) is 21.1. The summed E-state index contributed by atoms with van der Waals surface area (Å²) in [5.41, 5.74) is 3.51. The number of phenolic OH excluding ortho intramolecular Hbond substituents is 2. The standard InChI is InChI=1S/C23H40O.C6H6O/c1-8-9-10-11-12-13-14-15-18-16-19(22(2,3)4)21(24)20(17-18)23(5,6)7;7-6-4-2-1-3-5-6/h16-17,24H,8-15H2,1-7H3;1-5,7H. The number of benzene rings is 2. The van der Waals surface area contributed by atoms with Gasteiger partial charge in [-0.1, -0.05) is 117 Å². The van der Waals surface area contributed by atoms with Gasteiger partial charge < -0.3 is 10.2 Å². The monoisotopic (exact) mass is 426 g/mol. The molecule has 2 rings (SSSR count). The number of aryl methyl sites for hydroxylation is 1. The van der Waals surface area contributed by atoms with E-state index in [2.05, 4.69) is 60.6 Å². The molecule has 0 bridgehead atoms. The first-order valence-electron chi connectivity index (χ1n) is 12.1. The molecule has 0 aromatic heterocycles. The Kier molecular flexibility index (Phi) is 11.2. The van der Waals surface area contributed by atoms with Crippen LogP contribution in [0.5, 0.6) is 11.5 Å². The molecule has 0 aliphatic heterocycles. The zero-order valence-electron chi connectivity index (χ0n) is 21.1. The predicted octanol–water partition coefficient (Wildman–Crippen LogP) is 8.67. The number of phenols is 2. The summed E-state index contributed by atoms with van der Waals surface area (Å²) in [5.74, 6) is 0.820. The van der Waals surface area contributed by atoms with E-state index in [1.54, 1.807) is 24.3 Å². The number of unbranched alkanes of at least 4 members (excludes halogenated alkanes) is 6. The Morgan fingerprint density at radius 1 is 0.645 bits per heavy atom. The van der Waals surface area contributed by atoms with Crippen LogP contribution in [0.15, 0.2) is 42.5 Å². The highest BCUT2D eigenvalue weighted by molar-refractivity contribution is 5.49. The van der Waals surface area contributed by atoms with E-state index < -0.39 is 0 Å². The Hall–Kier alpha value is -1.96. The lowest BCUT2D eigenvalue weighted by Gasteiger charge is -2.28. The Labute approximate surface area is 191 Å². The molecule has 0 saturated heterocycles. The molecule has 174 valence electrons. The SMILES string of the molecule is CCCCCCCCCc1cc(C(C)(C)C)c(O)c(C(C)(C)C)c1.Oc1ccccc1. The molecule has 2 heteroatoms. The number of aromatic hydroxyl groups is 2. The second-order valence-corrected chi connectivity index (χ2v) is 10.7. The molecule has 2 N–H and O–H groups in total. The van der Waals surface area contributed by atoms with E-state index in [1.165, 1.54) is 50.5 Å². The van der Waals surface area contributed by atoms with Crippen LogP contribution in [-0.4, -0.2) is 10.2 Å². The van der Waals surface area contributed by atoms with E-state index in [-0.39, 0.29) is 10.8 Å². The molecule has 31 heavy (non-hydrogen) atoms. The van der Waals surface area contributed by atoms with Gasteiger partial charge in [0.15, 0.2) is 0 Å². The first-order valence-corrected chi connectivity index (χ1v) is 12.1. The number of rotatable bonds is 8. The van der Waals surface area contributed by atoms with Crippen molar-refractivity contribution in [2.24, 2.45) is 0 Å². The summed E-state index contributed by atoms with van der Waals surface area (Å²) in [4.78, 5) is 0. The molecule has 2 nitrogen and oxygen atoms in total. The molecule has 0 saturated carbocycles. The van der Waals surface area contributed by atoms with Crippen molar-refractivity contribution >= 4 is 0 Å². The Bertz CT molecular complexity index is 714. The third kappa shape index (κ3) is 10.3. The van der Waals surface area contributed by atoms with Gasteiger partial charge in [0.2, 0.25) is 0 Å². The smallest absolute Gasteiger partial charge is 0.123 e. The van der Waals surface area contributed by atoms with Gasteiger partial charge in [0.05, 0.1) is 0 Å². The summed E-state index contributed by atoms with van der Waals surface area (Å²) < 4.78 is 0. The van der Waals surface area contributed by atoms with Crippen LogP contribution in [-0.2, 0) is 17.3 Å². The highest BCUT2D eigenvalue weighted by Gasteiger charge is 2.26. The molecule has 2 aromatic rings. The number of hydrogen-bond acceptors (Lipinski definition) is 2. The van der Waals surface area contributed by atoms with E-state index in [4.69, 9.17) is 5.11 Å². The average molecular weight is 427 g/mol. The highest BCUT2D eigenvalue weighted by atomic mass is 16.3. The summed E-state index contributed by atoms with van der Waals surface area (Å²) in [6.07, 6.45) is 10.5. The normalized spacial score (nSPS) is 11.7. The van der Waals surface area contributed by atoms with Gasteiger partial charge in [-0.15, -0.1) is 0 Å². The van der Waals surface area contributed by atoms with Crippen LogP contribution in [0.1, 0.15) is 110 Å². The van der Waals surface area contributed by atoms with Gasteiger partial charge in [0.1, 0.15) is 11.5 Å². The first kappa shape index (κ1) is 27.1. The first-order chi connectivity index (χ1) is 14.5. The molecule has 0 heterocycles. The fraction of sp³-hybridized carbons (Fsp3) is 0.586. The van der Waals surface area contributed by atoms with Gasteiger partial charge in [-0.2, -0.15) is 0 Å². The van der Waals surface area contributed by atoms with Gasteiger partial charge in [-0.05, 0) is 52.5 Å². The summed E-state index contributed by atoms with van der Waals surface area (Å²) in [6, 6.07) is 13.2. The molecule has 0 aliphatic carbocycles. The highest BCUT2D eigenvalue weighted by Crippen LogP contribution is 2.40. The van der Waals surface area contributed by atoms with Crippen LogP contribution in [0.2, 0.25) is 0 Å². The molecule has 0 atom stereocenters. The van der Waals surface area contributed by atoms with Crippen molar-refractivity contribution in [3.63, 3.8) is 0 Å². The molecule has 0 radical (unpaired) electrons. The lowest BCUT2D eigenvalue weighted by Crippen LogP contribution is -2.18. The second-order valence-electron chi connectivity index (χ2n) is 10.7. The molecule has 0 fully saturated rings. The summed E-state index contributed by atoms with van der Waals surface area (Å²) in [6.45, 7) is 15.4. The zero-order chi connectivity index (χ0) is 23.5. The van der Waals surface area contributed by atoms with E-state index in [1.807, 2.05) is 6.07 Å². The fourth-order valence-corrected chi connectivity index (χ4v) is 3.70. The third-order valence-electron chi connectivity index (χ3n) is 5.61. The molecule has 0 spiro atoms. The molecular weight excluding hydrogens is 380 g/mol. The number of hydrogen-bond donors (Lipinski definition) is 2. The van der Waals surface area contributed by atoms with Crippen molar-refractivity contribution in [1.29, 1.82) is 0 Å². The summed E-state index contributed by atoms with van der Waals surface area (Å²) in [7, 11) is 0. The third-order valence-corrected chi connectivity index (χ3v) is 5.61. The van der Waals surface area contributed by atoms with E-state index in [0.717, 1.165) is 17.5 Å². The minimum atomic E-state index is -0.0275. The van der Waals surface area contributed by atoms with Crippen LogP contribution in [0.4, 0.5) is 0 Å². The largest absolute Gasteiger partial charge is 0.508 e. The van der Waals surface area contributed by atoms with E-state index >= 15 is 0 Å². The van der Waals surface area contributed by atoms with Crippen molar-refractivity contribution in [3.05, 3.63) is 59.2 Å². The predicted molar refractivity (Wildman–Crippen MR) is 135 cm³/mol. The number of para-hydroxylation sites is 1. The lowest BCUT2D eigenvalue weighted by molar-refractivity contribution is 0.422. The maximum Gasteiger partial charge on any atom is 0.123 e. The van der Waals surface area contributed by atoms with Gasteiger partial charge in [0, 0.05) is 0 Å². The Morgan fingerprint density at radius 2 is 1.10 bits per heavy atom. The maximum atomic E-state index is 10.8. The lowest BCUT2D eigenvalue weighted by atomic mass is 9.78. The minimum Gasteiger partial charge on any atom is -0.508 e. The molecule has 0 aliphatic rings. The maximum absolute atomic E-state index is 10.8. The fourth-order valence-electron chi connectivity index (χ4n) is 3.70. The van der Waals surface area contributed by atoms with Crippen molar-refractivity contribution in [2.45, 2.75) is 111 Å². The molecule has 2 aromatic carbocycles. The van der Waals surface area contributed by atoms with Crippen molar-refractivity contribution in [2.75, 3.05) is 0 Å². The quantitative estimate of drug-likeness (QED) is 0.414. The van der Waals surface area contributed by atoms with Crippen LogP contribution in [0, 0.1) is 0 Å².